The molecule has 0 spiro atoms. The van der Waals surface area contributed by atoms with Crippen LogP contribution in [-0.2, 0) is 9.47 Å². The van der Waals surface area contributed by atoms with Crippen LogP contribution < -0.4 is 22.1 Å². The van der Waals surface area contributed by atoms with Gasteiger partial charge in [0.15, 0.2) is 0 Å². The summed E-state index contributed by atoms with van der Waals surface area (Å²) in [4.78, 5) is 23.0. The smallest absolute Gasteiger partial charge is 0.407 e. The van der Waals surface area contributed by atoms with Crippen LogP contribution in [0, 0.1) is 0 Å². The van der Waals surface area contributed by atoms with Gasteiger partial charge in [0.1, 0.15) is 0 Å². The number of alkyl carbamates (subject to hydrolysis) is 2. The number of amides is 2. The first-order valence-corrected chi connectivity index (χ1v) is 11.4. The Bertz CT molecular complexity index is 350. The third-order valence-corrected chi connectivity index (χ3v) is 4.56. The lowest BCUT2D eigenvalue weighted by molar-refractivity contribution is 0.142. The number of unbranched alkanes of at least 4 members (excludes halogenated alkanes) is 10. The van der Waals surface area contributed by atoms with Crippen LogP contribution in [0.4, 0.5) is 9.59 Å². The lowest BCUT2D eigenvalue weighted by Crippen LogP contribution is -2.25. The van der Waals surface area contributed by atoms with Gasteiger partial charge in [-0.1, -0.05) is 44.9 Å². The van der Waals surface area contributed by atoms with Crippen molar-refractivity contribution < 1.29 is 19.1 Å². The highest BCUT2D eigenvalue weighted by atomic mass is 16.6. The zero-order chi connectivity index (χ0) is 21.4. The van der Waals surface area contributed by atoms with E-state index in [1.165, 1.54) is 0 Å². The van der Waals surface area contributed by atoms with E-state index in [0.29, 0.717) is 26.3 Å². The summed E-state index contributed by atoms with van der Waals surface area (Å²) in [7, 11) is 0. The van der Waals surface area contributed by atoms with Crippen LogP contribution >= 0.6 is 0 Å². The molecule has 8 heteroatoms. The van der Waals surface area contributed by atoms with Crippen LogP contribution in [-0.4, -0.2) is 51.6 Å². The topological polar surface area (TPSA) is 129 Å². The van der Waals surface area contributed by atoms with Crippen LogP contribution in [0.25, 0.3) is 0 Å². The van der Waals surface area contributed by atoms with Crippen molar-refractivity contribution in [3.05, 3.63) is 0 Å². The summed E-state index contributed by atoms with van der Waals surface area (Å²) >= 11 is 0. The summed E-state index contributed by atoms with van der Waals surface area (Å²) in [6.45, 7) is 3.67. The molecule has 0 bridgehead atoms. The standard InChI is InChI=1S/C21H44N4O4/c22-14-8-2-4-10-16-24-20(26)28-18-12-6-1-7-13-19-29-21(27)25-17-11-5-3-9-15-23/h1-19,22-23H2,(H,24,26)(H,25,27). The number of carbonyl (C=O) groups excluding carboxylic acids is 2. The van der Waals surface area contributed by atoms with Gasteiger partial charge in [-0.05, 0) is 51.6 Å². The molecule has 0 unspecified atom stereocenters. The number of hydrogen-bond acceptors (Lipinski definition) is 6. The minimum Gasteiger partial charge on any atom is -0.450 e. The molecule has 0 heterocycles. The molecule has 0 aliphatic rings. The molecule has 0 saturated carbocycles. The van der Waals surface area contributed by atoms with Gasteiger partial charge in [0.25, 0.3) is 0 Å². The highest BCUT2D eigenvalue weighted by molar-refractivity contribution is 5.67. The van der Waals surface area contributed by atoms with Gasteiger partial charge >= 0.3 is 12.2 Å². The summed E-state index contributed by atoms with van der Waals surface area (Å²) in [6.07, 6.45) is 12.5. The molecule has 0 atom stereocenters. The monoisotopic (exact) mass is 416 g/mol. The third-order valence-electron chi connectivity index (χ3n) is 4.56. The van der Waals surface area contributed by atoms with Crippen LogP contribution in [0.2, 0.25) is 0 Å². The molecule has 0 aliphatic heterocycles. The molecule has 172 valence electrons. The van der Waals surface area contributed by atoms with Crippen LogP contribution in [0.15, 0.2) is 0 Å². The molecule has 0 fully saturated rings. The van der Waals surface area contributed by atoms with Crippen LogP contribution in [0.1, 0.15) is 83.5 Å². The van der Waals surface area contributed by atoms with E-state index in [2.05, 4.69) is 10.6 Å². The van der Waals surface area contributed by atoms with Crippen molar-refractivity contribution in [2.45, 2.75) is 83.5 Å². The number of ether oxygens (including phenoxy) is 2. The quantitative estimate of drug-likeness (QED) is 0.225. The SMILES string of the molecule is NCCCCCCNC(=O)OCCCCCCCOC(=O)NCCCCCCN. The Hall–Kier alpha value is -1.54. The minimum absolute atomic E-state index is 0.331. The molecule has 0 aromatic carbocycles. The molecule has 0 rings (SSSR count). The summed E-state index contributed by atoms with van der Waals surface area (Å²) in [5.41, 5.74) is 10.9. The lowest BCUT2D eigenvalue weighted by atomic mass is 10.1. The van der Waals surface area contributed by atoms with Gasteiger partial charge in [0.2, 0.25) is 0 Å². The van der Waals surface area contributed by atoms with Gasteiger partial charge in [0, 0.05) is 13.1 Å². The van der Waals surface area contributed by atoms with Gasteiger partial charge in [-0.25, -0.2) is 9.59 Å². The molecule has 0 aliphatic carbocycles. The Morgan fingerprint density at radius 3 is 1.28 bits per heavy atom. The predicted octanol–water partition coefficient (Wildman–Crippen LogP) is 3.43. The average molecular weight is 417 g/mol. The summed E-state index contributed by atoms with van der Waals surface area (Å²) in [6, 6.07) is 0. The van der Waals surface area contributed by atoms with Crippen molar-refractivity contribution in [1.29, 1.82) is 0 Å². The summed E-state index contributed by atoms with van der Waals surface area (Å²) < 4.78 is 10.3. The van der Waals surface area contributed by atoms with Crippen LogP contribution in [0.5, 0.6) is 0 Å². The molecule has 2 amide bonds. The molecule has 6 N–H and O–H groups in total. The first-order valence-electron chi connectivity index (χ1n) is 11.4. The fourth-order valence-corrected chi connectivity index (χ4v) is 2.79. The first kappa shape index (κ1) is 27.5. The van der Waals surface area contributed by atoms with E-state index in [1.807, 2.05) is 0 Å². The Morgan fingerprint density at radius 2 is 0.862 bits per heavy atom. The zero-order valence-electron chi connectivity index (χ0n) is 18.2. The molecule has 0 aromatic heterocycles. The Balaban J connectivity index is 3.24. The predicted molar refractivity (Wildman–Crippen MR) is 117 cm³/mol. The second-order valence-corrected chi connectivity index (χ2v) is 7.30. The molecular formula is C21H44N4O4. The molecule has 29 heavy (non-hydrogen) atoms. The Labute approximate surface area is 176 Å². The maximum atomic E-state index is 11.5. The molecule has 0 aromatic rings. The maximum absolute atomic E-state index is 11.5. The first-order chi connectivity index (χ1) is 14.2. The van der Waals surface area contributed by atoms with Crippen molar-refractivity contribution in [1.82, 2.24) is 10.6 Å². The zero-order valence-corrected chi connectivity index (χ0v) is 18.2. The number of rotatable bonds is 20. The third kappa shape index (κ3) is 22.6. The summed E-state index contributed by atoms with van der Waals surface area (Å²) in [5.74, 6) is 0. The average Bonchev–Trinajstić information content (AvgIpc) is 2.71. The maximum Gasteiger partial charge on any atom is 0.407 e. The van der Waals surface area contributed by atoms with Crippen molar-refractivity contribution in [3.63, 3.8) is 0 Å². The number of hydrogen-bond donors (Lipinski definition) is 4. The van der Waals surface area contributed by atoms with E-state index in [1.54, 1.807) is 0 Å². The fraction of sp³-hybridized carbons (Fsp3) is 0.905. The largest absolute Gasteiger partial charge is 0.450 e. The van der Waals surface area contributed by atoms with E-state index >= 15 is 0 Å². The number of carbonyl (C=O) groups is 2. The van der Waals surface area contributed by atoms with E-state index < -0.39 is 0 Å². The van der Waals surface area contributed by atoms with Gasteiger partial charge in [0.05, 0.1) is 13.2 Å². The van der Waals surface area contributed by atoms with Crippen molar-refractivity contribution in [2.24, 2.45) is 11.5 Å². The number of nitrogens with one attached hydrogen (secondary N) is 2. The van der Waals surface area contributed by atoms with Gasteiger partial charge in [-0.2, -0.15) is 0 Å². The fourth-order valence-electron chi connectivity index (χ4n) is 2.79. The van der Waals surface area contributed by atoms with E-state index in [-0.39, 0.29) is 12.2 Å². The second-order valence-electron chi connectivity index (χ2n) is 7.30. The van der Waals surface area contributed by atoms with E-state index in [4.69, 9.17) is 20.9 Å². The van der Waals surface area contributed by atoms with Crippen molar-refractivity contribution in [2.75, 3.05) is 39.4 Å². The molecule has 0 saturated heterocycles. The molecule has 8 nitrogen and oxygen atoms in total. The van der Waals surface area contributed by atoms with Crippen molar-refractivity contribution >= 4 is 12.2 Å². The van der Waals surface area contributed by atoms with Crippen LogP contribution in [0.3, 0.4) is 0 Å². The number of nitrogens with two attached hydrogens (primary N) is 2. The van der Waals surface area contributed by atoms with Gasteiger partial charge < -0.3 is 31.6 Å². The minimum atomic E-state index is -0.331. The van der Waals surface area contributed by atoms with Gasteiger partial charge in [-0.15, -0.1) is 0 Å². The molecule has 0 radical (unpaired) electrons. The Morgan fingerprint density at radius 1 is 0.517 bits per heavy atom. The van der Waals surface area contributed by atoms with Gasteiger partial charge in [-0.3, -0.25) is 0 Å². The summed E-state index contributed by atoms with van der Waals surface area (Å²) in [5, 5.41) is 5.53. The molecular weight excluding hydrogens is 372 g/mol. The lowest BCUT2D eigenvalue weighted by Gasteiger charge is -2.08. The normalized spacial score (nSPS) is 10.6. The highest BCUT2D eigenvalue weighted by Crippen LogP contribution is 2.04. The van der Waals surface area contributed by atoms with E-state index in [0.717, 1.165) is 96.6 Å². The Kier molecular flexibility index (Phi) is 21.5. The second kappa shape index (κ2) is 22.7. The highest BCUT2D eigenvalue weighted by Gasteiger charge is 2.02. The van der Waals surface area contributed by atoms with E-state index in [9.17, 15) is 9.59 Å². The van der Waals surface area contributed by atoms with Crippen molar-refractivity contribution in [3.8, 4) is 0 Å².